The third-order valence-electron chi connectivity index (χ3n) is 3.45. The number of rotatable bonds is 3. The first kappa shape index (κ1) is 15.6. The molecule has 2 N–H and O–H groups in total. The van der Waals surface area contributed by atoms with E-state index in [1.54, 1.807) is 28.0 Å². The number of hydrogen-bond acceptors (Lipinski definition) is 4. The zero-order valence-corrected chi connectivity index (χ0v) is 12.6. The van der Waals surface area contributed by atoms with Gasteiger partial charge in [-0.2, -0.15) is 0 Å². The van der Waals surface area contributed by atoms with Gasteiger partial charge < -0.3 is 20.3 Å². The van der Waals surface area contributed by atoms with Gasteiger partial charge in [0.25, 0.3) is 5.91 Å². The summed E-state index contributed by atoms with van der Waals surface area (Å²) in [7, 11) is 1.49. The highest BCUT2D eigenvalue weighted by Gasteiger charge is 2.26. The Kier molecular flexibility index (Phi) is 5.03. The molecule has 0 aliphatic carbocycles. The molecule has 21 heavy (non-hydrogen) atoms. The van der Waals surface area contributed by atoms with Crippen molar-refractivity contribution in [3.63, 3.8) is 0 Å². The SMILES string of the molecule is COCC(=O)N1CCN(C(=O)c2cccc(N)c2Cl)CC1. The van der Waals surface area contributed by atoms with Crippen LogP contribution in [0.3, 0.4) is 0 Å². The lowest BCUT2D eigenvalue weighted by atomic mass is 10.1. The average molecular weight is 312 g/mol. The van der Waals surface area contributed by atoms with Crippen molar-refractivity contribution < 1.29 is 14.3 Å². The number of nitrogens with zero attached hydrogens (tertiary/aromatic N) is 2. The fourth-order valence-corrected chi connectivity index (χ4v) is 2.47. The van der Waals surface area contributed by atoms with Crippen molar-refractivity contribution in [2.75, 3.05) is 45.6 Å². The predicted octanol–water partition coefficient (Wildman–Crippen LogP) is 0.853. The third-order valence-corrected chi connectivity index (χ3v) is 3.87. The summed E-state index contributed by atoms with van der Waals surface area (Å²) >= 11 is 6.07. The van der Waals surface area contributed by atoms with Gasteiger partial charge in [0.05, 0.1) is 16.3 Å². The zero-order valence-electron chi connectivity index (χ0n) is 11.8. The van der Waals surface area contributed by atoms with E-state index in [1.807, 2.05) is 0 Å². The Labute approximate surface area is 128 Å². The maximum atomic E-state index is 12.4. The van der Waals surface area contributed by atoms with E-state index in [1.165, 1.54) is 7.11 Å². The van der Waals surface area contributed by atoms with Crippen LogP contribution in [0.15, 0.2) is 18.2 Å². The minimum Gasteiger partial charge on any atom is -0.398 e. The highest BCUT2D eigenvalue weighted by atomic mass is 35.5. The summed E-state index contributed by atoms with van der Waals surface area (Å²) in [6.07, 6.45) is 0. The number of anilines is 1. The molecule has 0 bridgehead atoms. The monoisotopic (exact) mass is 311 g/mol. The van der Waals surface area contributed by atoms with Crippen molar-refractivity contribution in [3.8, 4) is 0 Å². The third kappa shape index (κ3) is 3.46. The Bertz CT molecular complexity index is 542. The largest absolute Gasteiger partial charge is 0.398 e. The summed E-state index contributed by atoms with van der Waals surface area (Å²) in [5.41, 5.74) is 6.50. The van der Waals surface area contributed by atoms with Crippen molar-refractivity contribution in [3.05, 3.63) is 28.8 Å². The van der Waals surface area contributed by atoms with Crippen LogP contribution in [0, 0.1) is 0 Å². The van der Waals surface area contributed by atoms with E-state index in [4.69, 9.17) is 22.1 Å². The van der Waals surface area contributed by atoms with Crippen LogP contribution in [0.1, 0.15) is 10.4 Å². The minimum absolute atomic E-state index is 0.0633. The Morgan fingerprint density at radius 2 is 1.86 bits per heavy atom. The van der Waals surface area contributed by atoms with E-state index in [9.17, 15) is 9.59 Å². The summed E-state index contributed by atoms with van der Waals surface area (Å²) in [4.78, 5) is 27.5. The van der Waals surface area contributed by atoms with Crippen LogP contribution in [0.4, 0.5) is 5.69 Å². The summed E-state index contributed by atoms with van der Waals surface area (Å²) in [6, 6.07) is 5.01. The first-order valence-electron chi connectivity index (χ1n) is 6.64. The van der Waals surface area contributed by atoms with Crippen LogP contribution in [-0.2, 0) is 9.53 Å². The number of nitrogen functional groups attached to an aromatic ring is 1. The number of halogens is 1. The van der Waals surface area contributed by atoms with Crippen LogP contribution in [0.2, 0.25) is 5.02 Å². The standard InChI is InChI=1S/C14H18ClN3O3/c1-21-9-12(19)17-5-7-18(8-6-17)14(20)10-3-2-4-11(16)13(10)15/h2-4H,5-9,16H2,1H3. The Hall–Kier alpha value is -1.79. The van der Waals surface area contributed by atoms with E-state index >= 15 is 0 Å². The zero-order chi connectivity index (χ0) is 15.4. The van der Waals surface area contributed by atoms with Gasteiger partial charge in [-0.05, 0) is 12.1 Å². The van der Waals surface area contributed by atoms with E-state index in [0.29, 0.717) is 37.4 Å². The number of methoxy groups -OCH3 is 1. The molecule has 0 saturated carbocycles. The first-order chi connectivity index (χ1) is 10.0. The van der Waals surface area contributed by atoms with Crippen LogP contribution >= 0.6 is 11.6 Å². The van der Waals surface area contributed by atoms with Gasteiger partial charge in [-0.3, -0.25) is 9.59 Å². The normalized spacial score (nSPS) is 15.1. The van der Waals surface area contributed by atoms with Crippen LogP contribution in [0.5, 0.6) is 0 Å². The number of piperazine rings is 1. The van der Waals surface area contributed by atoms with Gasteiger partial charge in [0.15, 0.2) is 0 Å². The van der Waals surface area contributed by atoms with Crippen LogP contribution < -0.4 is 5.73 Å². The fourth-order valence-electron chi connectivity index (χ4n) is 2.26. The van der Waals surface area contributed by atoms with Crippen molar-refractivity contribution in [2.24, 2.45) is 0 Å². The van der Waals surface area contributed by atoms with E-state index in [2.05, 4.69) is 0 Å². The topological polar surface area (TPSA) is 75.9 Å². The quantitative estimate of drug-likeness (QED) is 0.840. The molecule has 7 heteroatoms. The molecule has 2 amide bonds. The number of amides is 2. The van der Waals surface area contributed by atoms with Crippen LogP contribution in [-0.4, -0.2) is 61.5 Å². The van der Waals surface area contributed by atoms with Gasteiger partial charge in [-0.25, -0.2) is 0 Å². The number of nitrogens with two attached hydrogens (primary N) is 1. The molecule has 1 aliphatic rings. The maximum absolute atomic E-state index is 12.4. The first-order valence-corrected chi connectivity index (χ1v) is 7.02. The van der Waals surface area contributed by atoms with Gasteiger partial charge in [0, 0.05) is 33.3 Å². The molecule has 0 radical (unpaired) electrons. The molecule has 0 unspecified atom stereocenters. The highest BCUT2D eigenvalue weighted by Crippen LogP contribution is 2.24. The molecular weight excluding hydrogens is 294 g/mol. The van der Waals surface area contributed by atoms with Gasteiger partial charge in [-0.1, -0.05) is 17.7 Å². The molecule has 1 saturated heterocycles. The maximum Gasteiger partial charge on any atom is 0.255 e. The van der Waals surface area contributed by atoms with E-state index in [0.717, 1.165) is 0 Å². The fraction of sp³-hybridized carbons (Fsp3) is 0.429. The summed E-state index contributed by atoms with van der Waals surface area (Å²) in [6.45, 7) is 2.00. The molecule has 1 fully saturated rings. The molecule has 114 valence electrons. The molecule has 1 aromatic rings. The lowest BCUT2D eigenvalue weighted by molar-refractivity contribution is -0.136. The summed E-state index contributed by atoms with van der Waals surface area (Å²) in [5, 5.41) is 0.278. The Balaban J connectivity index is 2.00. The summed E-state index contributed by atoms with van der Waals surface area (Å²) in [5.74, 6) is -0.224. The van der Waals surface area contributed by atoms with Crippen molar-refractivity contribution in [1.82, 2.24) is 9.80 Å². The summed E-state index contributed by atoms with van der Waals surface area (Å²) < 4.78 is 4.83. The minimum atomic E-state index is -0.161. The van der Waals surface area contributed by atoms with Crippen LogP contribution in [0.25, 0.3) is 0 Å². The van der Waals surface area contributed by atoms with Crippen molar-refractivity contribution in [1.29, 1.82) is 0 Å². The average Bonchev–Trinajstić information content (AvgIpc) is 2.50. The number of carbonyl (C=O) groups is 2. The lowest BCUT2D eigenvalue weighted by Gasteiger charge is -2.34. The smallest absolute Gasteiger partial charge is 0.255 e. The number of ether oxygens (including phenoxy) is 1. The molecule has 6 nitrogen and oxygen atoms in total. The molecule has 0 aromatic heterocycles. The molecule has 1 heterocycles. The lowest BCUT2D eigenvalue weighted by Crippen LogP contribution is -2.51. The van der Waals surface area contributed by atoms with Gasteiger partial charge in [-0.15, -0.1) is 0 Å². The van der Waals surface area contributed by atoms with Gasteiger partial charge in [0.2, 0.25) is 5.91 Å². The van der Waals surface area contributed by atoms with E-state index < -0.39 is 0 Å². The predicted molar refractivity (Wildman–Crippen MR) is 80.2 cm³/mol. The van der Waals surface area contributed by atoms with E-state index in [-0.39, 0.29) is 23.4 Å². The Morgan fingerprint density at radius 1 is 1.24 bits per heavy atom. The van der Waals surface area contributed by atoms with Gasteiger partial charge in [0.1, 0.15) is 6.61 Å². The second-order valence-corrected chi connectivity index (χ2v) is 5.19. The molecule has 0 atom stereocenters. The molecular formula is C14H18ClN3O3. The Morgan fingerprint density at radius 3 is 2.48 bits per heavy atom. The second kappa shape index (κ2) is 6.78. The molecule has 0 spiro atoms. The van der Waals surface area contributed by atoms with Gasteiger partial charge >= 0.3 is 0 Å². The number of hydrogen-bond donors (Lipinski definition) is 1. The molecule has 2 rings (SSSR count). The molecule has 1 aliphatic heterocycles. The van der Waals surface area contributed by atoms with Crippen molar-refractivity contribution >= 4 is 29.1 Å². The second-order valence-electron chi connectivity index (χ2n) is 4.81. The van der Waals surface area contributed by atoms with Crippen molar-refractivity contribution in [2.45, 2.75) is 0 Å². The number of benzene rings is 1. The molecule has 1 aromatic carbocycles. The highest BCUT2D eigenvalue weighted by molar-refractivity contribution is 6.36. The number of carbonyl (C=O) groups excluding carboxylic acids is 2.